The fourth-order valence-electron chi connectivity index (χ4n) is 3.75. The van der Waals surface area contributed by atoms with Crippen LogP contribution in [0.15, 0.2) is 0 Å². The minimum absolute atomic E-state index is 0.0450. The fraction of sp³-hybridized carbons (Fsp3) is 0.824. The summed E-state index contributed by atoms with van der Waals surface area (Å²) in [6.07, 6.45) is 2.87. The molecule has 0 spiro atoms. The Morgan fingerprint density at radius 2 is 1.71 bits per heavy atom. The molecule has 0 radical (unpaired) electrons. The second kappa shape index (κ2) is 8.46. The molecule has 3 N–H and O–H groups in total. The third-order valence-electron chi connectivity index (χ3n) is 5.44. The minimum atomic E-state index is -0.228. The summed E-state index contributed by atoms with van der Waals surface area (Å²) in [5, 5.41) is 0. The molecular weight excluding hydrogens is 310 g/mol. The van der Waals surface area contributed by atoms with Crippen LogP contribution in [0.5, 0.6) is 0 Å². The molecule has 0 unspecified atom stereocenters. The van der Waals surface area contributed by atoms with Crippen LogP contribution in [-0.4, -0.2) is 61.5 Å². The maximum Gasteiger partial charge on any atom is 0.309 e. The Kier molecular flexibility index (Phi) is 6.60. The van der Waals surface area contributed by atoms with Gasteiger partial charge in [0.25, 0.3) is 5.91 Å². The fourth-order valence-corrected chi connectivity index (χ4v) is 3.75. The van der Waals surface area contributed by atoms with E-state index in [4.69, 9.17) is 10.5 Å². The van der Waals surface area contributed by atoms with Gasteiger partial charge in [0.15, 0.2) is 6.04 Å². The summed E-state index contributed by atoms with van der Waals surface area (Å²) in [4.78, 5) is 38.8. The van der Waals surface area contributed by atoms with Crippen LogP contribution in [0.4, 0.5) is 0 Å². The van der Waals surface area contributed by atoms with Gasteiger partial charge < -0.3 is 20.3 Å². The highest BCUT2D eigenvalue weighted by molar-refractivity contribution is 5.81. The van der Waals surface area contributed by atoms with Gasteiger partial charge in [0.05, 0.1) is 25.6 Å². The van der Waals surface area contributed by atoms with Crippen LogP contribution in [0.1, 0.15) is 39.5 Å². The molecule has 2 amide bonds. The largest absolute Gasteiger partial charge is 0.466 e. The first-order valence-corrected chi connectivity index (χ1v) is 9.03. The number of hydrogen-bond acceptors (Lipinski definition) is 4. The Morgan fingerprint density at radius 3 is 2.21 bits per heavy atom. The molecule has 2 heterocycles. The zero-order valence-electron chi connectivity index (χ0n) is 14.8. The SMILES string of the molecule is CCOC(=O)C1CCN(C(=O)[C@H](C)[NH+]2CCC(C(N)=O)CC2)CC1. The first kappa shape index (κ1) is 18.7. The molecule has 136 valence electrons. The van der Waals surface area contributed by atoms with Gasteiger partial charge in [-0.1, -0.05) is 0 Å². The summed E-state index contributed by atoms with van der Waals surface area (Å²) >= 11 is 0. The zero-order chi connectivity index (χ0) is 17.7. The van der Waals surface area contributed by atoms with E-state index in [1.54, 1.807) is 0 Å². The number of primary amides is 1. The number of nitrogens with two attached hydrogens (primary N) is 1. The van der Waals surface area contributed by atoms with Gasteiger partial charge in [-0.05, 0) is 26.7 Å². The predicted molar refractivity (Wildman–Crippen MR) is 88.0 cm³/mol. The average Bonchev–Trinajstić information content (AvgIpc) is 2.61. The Balaban J connectivity index is 1.80. The molecule has 2 aliphatic rings. The minimum Gasteiger partial charge on any atom is -0.466 e. The molecule has 24 heavy (non-hydrogen) atoms. The zero-order valence-corrected chi connectivity index (χ0v) is 14.8. The number of piperidine rings is 2. The first-order chi connectivity index (χ1) is 11.4. The van der Waals surface area contributed by atoms with Crippen LogP contribution in [-0.2, 0) is 19.1 Å². The summed E-state index contributed by atoms with van der Waals surface area (Å²) in [6, 6.07) is -0.113. The lowest BCUT2D eigenvalue weighted by molar-refractivity contribution is -0.920. The molecule has 2 saturated heterocycles. The van der Waals surface area contributed by atoms with Crippen molar-refractivity contribution in [3.63, 3.8) is 0 Å². The van der Waals surface area contributed by atoms with Gasteiger partial charge in [-0.15, -0.1) is 0 Å². The molecular formula is C17H30N3O4+. The molecule has 0 aromatic heterocycles. The van der Waals surface area contributed by atoms with Crippen molar-refractivity contribution in [1.82, 2.24) is 4.90 Å². The van der Waals surface area contributed by atoms with E-state index in [2.05, 4.69) is 0 Å². The Hall–Kier alpha value is -1.63. The molecule has 2 aliphatic heterocycles. The lowest BCUT2D eigenvalue weighted by Gasteiger charge is -2.36. The van der Waals surface area contributed by atoms with Crippen molar-refractivity contribution in [3.05, 3.63) is 0 Å². The standard InChI is InChI=1S/C17H29N3O4/c1-3-24-17(23)14-6-10-20(11-7-14)16(22)12(2)19-8-4-13(5-9-19)15(18)21/h12-14H,3-11H2,1-2H3,(H2,18,21)/p+1/t12-/m0/s1. The number of ether oxygens (including phenoxy) is 1. The number of nitrogens with zero attached hydrogens (tertiary/aromatic N) is 1. The highest BCUT2D eigenvalue weighted by Crippen LogP contribution is 2.19. The lowest BCUT2D eigenvalue weighted by Crippen LogP contribution is -3.17. The van der Waals surface area contributed by atoms with E-state index < -0.39 is 0 Å². The second-order valence-electron chi connectivity index (χ2n) is 6.91. The second-order valence-corrected chi connectivity index (χ2v) is 6.91. The summed E-state index contributed by atoms with van der Waals surface area (Å²) in [6.45, 7) is 7.01. The molecule has 1 atom stereocenters. The molecule has 0 aliphatic carbocycles. The quantitative estimate of drug-likeness (QED) is 0.625. The summed E-state index contributed by atoms with van der Waals surface area (Å²) < 4.78 is 5.06. The van der Waals surface area contributed by atoms with E-state index in [1.807, 2.05) is 18.7 Å². The maximum absolute atomic E-state index is 12.7. The summed E-state index contributed by atoms with van der Waals surface area (Å²) in [5.74, 6) is -0.352. The number of carbonyl (C=O) groups is 3. The van der Waals surface area contributed by atoms with Crippen LogP contribution < -0.4 is 10.6 Å². The van der Waals surface area contributed by atoms with E-state index in [0.717, 1.165) is 25.9 Å². The molecule has 0 aromatic carbocycles. The van der Waals surface area contributed by atoms with E-state index in [1.165, 1.54) is 4.90 Å². The van der Waals surface area contributed by atoms with Gasteiger partial charge in [0, 0.05) is 31.8 Å². The van der Waals surface area contributed by atoms with Crippen LogP contribution >= 0.6 is 0 Å². The molecule has 0 bridgehead atoms. The monoisotopic (exact) mass is 340 g/mol. The summed E-state index contributed by atoms with van der Waals surface area (Å²) in [7, 11) is 0. The smallest absolute Gasteiger partial charge is 0.309 e. The molecule has 0 saturated carbocycles. The maximum atomic E-state index is 12.7. The number of amides is 2. The Morgan fingerprint density at radius 1 is 1.12 bits per heavy atom. The number of rotatable bonds is 5. The number of nitrogens with one attached hydrogen (secondary N) is 1. The van der Waals surface area contributed by atoms with Crippen molar-refractivity contribution in [1.29, 1.82) is 0 Å². The third-order valence-corrected chi connectivity index (χ3v) is 5.44. The van der Waals surface area contributed by atoms with Crippen LogP contribution in [0.3, 0.4) is 0 Å². The Labute approximate surface area is 143 Å². The molecule has 0 aromatic rings. The Bertz CT molecular complexity index is 466. The van der Waals surface area contributed by atoms with Gasteiger partial charge >= 0.3 is 5.97 Å². The first-order valence-electron chi connectivity index (χ1n) is 9.03. The van der Waals surface area contributed by atoms with Gasteiger partial charge in [0.1, 0.15) is 0 Å². The molecule has 7 nitrogen and oxygen atoms in total. The van der Waals surface area contributed by atoms with E-state index in [0.29, 0.717) is 32.5 Å². The van der Waals surface area contributed by atoms with E-state index in [-0.39, 0.29) is 35.7 Å². The van der Waals surface area contributed by atoms with E-state index in [9.17, 15) is 14.4 Å². The topological polar surface area (TPSA) is 94.1 Å². The highest BCUT2D eigenvalue weighted by Gasteiger charge is 2.36. The summed E-state index contributed by atoms with van der Waals surface area (Å²) in [5.41, 5.74) is 5.36. The highest BCUT2D eigenvalue weighted by atomic mass is 16.5. The average molecular weight is 340 g/mol. The van der Waals surface area contributed by atoms with Crippen molar-refractivity contribution in [3.8, 4) is 0 Å². The normalized spacial score (nSPS) is 26.7. The van der Waals surface area contributed by atoms with Crippen molar-refractivity contribution >= 4 is 17.8 Å². The van der Waals surface area contributed by atoms with Gasteiger partial charge in [-0.3, -0.25) is 14.4 Å². The van der Waals surface area contributed by atoms with Crippen molar-refractivity contribution in [2.75, 3.05) is 32.8 Å². The van der Waals surface area contributed by atoms with E-state index >= 15 is 0 Å². The van der Waals surface area contributed by atoms with Crippen LogP contribution in [0.2, 0.25) is 0 Å². The van der Waals surface area contributed by atoms with Crippen molar-refractivity contribution < 1.29 is 24.0 Å². The number of likely N-dealkylation sites (tertiary alicyclic amines) is 2. The number of carbonyl (C=O) groups excluding carboxylic acids is 3. The number of hydrogen-bond donors (Lipinski definition) is 2. The molecule has 2 rings (SSSR count). The van der Waals surface area contributed by atoms with Crippen LogP contribution in [0, 0.1) is 11.8 Å². The van der Waals surface area contributed by atoms with Gasteiger partial charge in [-0.25, -0.2) is 0 Å². The number of quaternary nitrogens is 1. The molecule has 7 heteroatoms. The van der Waals surface area contributed by atoms with Gasteiger partial charge in [0.2, 0.25) is 5.91 Å². The predicted octanol–water partition coefficient (Wildman–Crippen LogP) is -1.04. The van der Waals surface area contributed by atoms with Crippen molar-refractivity contribution in [2.45, 2.75) is 45.6 Å². The van der Waals surface area contributed by atoms with Crippen LogP contribution in [0.25, 0.3) is 0 Å². The van der Waals surface area contributed by atoms with Gasteiger partial charge in [-0.2, -0.15) is 0 Å². The molecule has 2 fully saturated rings. The third kappa shape index (κ3) is 4.47. The lowest BCUT2D eigenvalue weighted by atomic mass is 9.94. The van der Waals surface area contributed by atoms with Crippen molar-refractivity contribution in [2.24, 2.45) is 17.6 Å². The number of esters is 1.